The van der Waals surface area contributed by atoms with Gasteiger partial charge in [-0.25, -0.2) is 4.99 Å². The fraction of sp³-hybridized carbons (Fsp3) is 0.222. The van der Waals surface area contributed by atoms with Crippen molar-refractivity contribution in [2.75, 3.05) is 6.61 Å². The Hall–Kier alpha value is -2.50. The van der Waals surface area contributed by atoms with Crippen molar-refractivity contribution in [3.05, 3.63) is 53.9 Å². The molecule has 0 saturated heterocycles. The predicted octanol–water partition coefficient (Wildman–Crippen LogP) is 2.88. The van der Waals surface area contributed by atoms with E-state index in [1.807, 2.05) is 49.5 Å². The molecular formula is C18H19N3O2. The lowest BCUT2D eigenvalue weighted by Crippen LogP contribution is -2.20. The SMILES string of the molecule is CCOC(O)C1=Cc2cc(-c3cccnc3)ccc2N=C(N)C1. The molecule has 0 radical (unpaired) electrons. The topological polar surface area (TPSA) is 80.7 Å². The first-order valence-corrected chi connectivity index (χ1v) is 7.55. The van der Waals surface area contributed by atoms with Gasteiger partial charge in [0.1, 0.15) is 5.84 Å². The molecule has 118 valence electrons. The number of ether oxygens (including phenoxy) is 1. The zero-order chi connectivity index (χ0) is 16.2. The number of aliphatic imine (C=N–C) groups is 1. The second-order valence-electron chi connectivity index (χ2n) is 5.32. The van der Waals surface area contributed by atoms with Crippen molar-refractivity contribution in [2.24, 2.45) is 10.7 Å². The summed E-state index contributed by atoms with van der Waals surface area (Å²) in [5.41, 5.74) is 10.4. The molecule has 3 N–H and O–H groups in total. The van der Waals surface area contributed by atoms with Gasteiger partial charge in [-0.05, 0) is 42.3 Å². The van der Waals surface area contributed by atoms with E-state index in [4.69, 9.17) is 10.5 Å². The number of rotatable bonds is 4. The first-order chi connectivity index (χ1) is 11.2. The standard InChI is InChI=1S/C18H19N3O2/c1-2-23-18(22)15-9-14-8-12(13-4-3-7-20-11-13)5-6-16(14)21-17(19)10-15/h3-9,11,18,22H,2,10H2,1H3,(H2,19,21). The zero-order valence-electron chi connectivity index (χ0n) is 12.9. The summed E-state index contributed by atoms with van der Waals surface area (Å²) in [4.78, 5) is 8.58. The summed E-state index contributed by atoms with van der Waals surface area (Å²) in [7, 11) is 0. The van der Waals surface area contributed by atoms with Gasteiger partial charge in [-0.1, -0.05) is 12.1 Å². The summed E-state index contributed by atoms with van der Waals surface area (Å²) in [6.07, 6.45) is 4.88. The van der Waals surface area contributed by atoms with E-state index in [-0.39, 0.29) is 0 Å². The summed E-state index contributed by atoms with van der Waals surface area (Å²) in [6, 6.07) is 9.84. The quantitative estimate of drug-likeness (QED) is 0.851. The van der Waals surface area contributed by atoms with Crippen LogP contribution in [-0.4, -0.2) is 28.8 Å². The molecule has 1 aromatic carbocycles. The highest BCUT2D eigenvalue weighted by Crippen LogP contribution is 2.31. The lowest BCUT2D eigenvalue weighted by molar-refractivity contribution is -0.0670. The summed E-state index contributed by atoms with van der Waals surface area (Å²) < 4.78 is 5.28. The summed E-state index contributed by atoms with van der Waals surface area (Å²) in [6.45, 7) is 2.27. The second kappa shape index (κ2) is 6.73. The molecule has 0 fully saturated rings. The van der Waals surface area contributed by atoms with Crippen LogP contribution in [0.2, 0.25) is 0 Å². The fourth-order valence-corrected chi connectivity index (χ4v) is 2.56. The number of nitrogens with zero attached hydrogens (tertiary/aromatic N) is 2. The van der Waals surface area contributed by atoms with Gasteiger partial charge in [0, 0.05) is 36.5 Å². The molecule has 1 unspecified atom stereocenters. The van der Waals surface area contributed by atoms with Gasteiger partial charge in [-0.15, -0.1) is 0 Å². The Morgan fingerprint density at radius 1 is 1.30 bits per heavy atom. The van der Waals surface area contributed by atoms with Gasteiger partial charge >= 0.3 is 0 Å². The van der Waals surface area contributed by atoms with Crippen LogP contribution in [0, 0.1) is 0 Å². The molecule has 3 rings (SSSR count). The molecule has 1 aromatic heterocycles. The summed E-state index contributed by atoms with van der Waals surface area (Å²) in [5.74, 6) is 0.461. The molecule has 23 heavy (non-hydrogen) atoms. The molecule has 1 aliphatic heterocycles. The Kier molecular flexibility index (Phi) is 4.50. The first kappa shape index (κ1) is 15.4. The van der Waals surface area contributed by atoms with Crippen molar-refractivity contribution < 1.29 is 9.84 Å². The smallest absolute Gasteiger partial charge is 0.177 e. The monoisotopic (exact) mass is 309 g/mol. The van der Waals surface area contributed by atoms with Crippen LogP contribution in [0.15, 0.2) is 53.3 Å². The molecular weight excluding hydrogens is 290 g/mol. The van der Waals surface area contributed by atoms with Crippen LogP contribution >= 0.6 is 0 Å². The molecule has 5 nitrogen and oxygen atoms in total. The number of aliphatic hydroxyl groups is 1. The number of aliphatic hydroxyl groups excluding tert-OH is 1. The second-order valence-corrected chi connectivity index (χ2v) is 5.32. The van der Waals surface area contributed by atoms with Gasteiger partial charge in [-0.2, -0.15) is 0 Å². The number of amidine groups is 1. The third kappa shape index (κ3) is 3.47. The van der Waals surface area contributed by atoms with Gasteiger partial charge in [0.2, 0.25) is 0 Å². The van der Waals surface area contributed by atoms with Crippen molar-refractivity contribution in [2.45, 2.75) is 19.6 Å². The lowest BCUT2D eigenvalue weighted by atomic mass is 10.0. The van der Waals surface area contributed by atoms with E-state index < -0.39 is 6.29 Å². The Balaban J connectivity index is 2.04. The number of hydrogen-bond acceptors (Lipinski definition) is 5. The average molecular weight is 309 g/mol. The lowest BCUT2D eigenvalue weighted by Gasteiger charge is -2.13. The molecule has 1 atom stereocenters. The Morgan fingerprint density at radius 2 is 2.17 bits per heavy atom. The molecule has 0 bridgehead atoms. The molecule has 0 spiro atoms. The minimum absolute atomic E-state index is 0.387. The van der Waals surface area contributed by atoms with Gasteiger partial charge in [-0.3, -0.25) is 4.98 Å². The van der Waals surface area contributed by atoms with Crippen LogP contribution in [0.25, 0.3) is 17.2 Å². The number of aromatic nitrogens is 1. The average Bonchev–Trinajstić information content (AvgIpc) is 2.73. The number of nitrogens with two attached hydrogens (primary N) is 1. The number of hydrogen-bond donors (Lipinski definition) is 2. The maximum Gasteiger partial charge on any atom is 0.177 e. The Morgan fingerprint density at radius 3 is 2.91 bits per heavy atom. The summed E-state index contributed by atoms with van der Waals surface area (Å²) in [5, 5.41) is 10.1. The minimum atomic E-state index is -0.971. The number of pyridine rings is 1. The molecule has 5 heteroatoms. The minimum Gasteiger partial charge on any atom is -0.387 e. The molecule has 2 aromatic rings. The maximum atomic E-state index is 10.1. The van der Waals surface area contributed by atoms with E-state index in [0.29, 0.717) is 24.4 Å². The highest BCUT2D eigenvalue weighted by atomic mass is 16.6. The summed E-state index contributed by atoms with van der Waals surface area (Å²) >= 11 is 0. The van der Waals surface area contributed by atoms with E-state index in [1.54, 1.807) is 6.20 Å². The van der Waals surface area contributed by atoms with Crippen molar-refractivity contribution >= 4 is 17.6 Å². The number of fused-ring (bicyclic) bond motifs is 1. The Bertz CT molecular complexity index is 754. The van der Waals surface area contributed by atoms with Gasteiger partial charge in [0.15, 0.2) is 6.29 Å². The van der Waals surface area contributed by atoms with Gasteiger partial charge < -0.3 is 15.6 Å². The van der Waals surface area contributed by atoms with Crippen molar-refractivity contribution in [1.29, 1.82) is 0 Å². The largest absolute Gasteiger partial charge is 0.387 e. The normalized spacial score (nSPS) is 15.2. The van der Waals surface area contributed by atoms with E-state index in [9.17, 15) is 5.11 Å². The highest BCUT2D eigenvalue weighted by molar-refractivity contribution is 5.90. The molecule has 0 amide bonds. The maximum absolute atomic E-state index is 10.1. The highest BCUT2D eigenvalue weighted by Gasteiger charge is 2.17. The molecule has 1 aliphatic rings. The number of benzene rings is 1. The van der Waals surface area contributed by atoms with Gasteiger partial charge in [0.05, 0.1) is 5.69 Å². The van der Waals surface area contributed by atoms with Crippen molar-refractivity contribution in [1.82, 2.24) is 4.98 Å². The Labute approximate surface area is 135 Å². The van der Waals surface area contributed by atoms with Crippen LogP contribution in [0.4, 0.5) is 5.69 Å². The van der Waals surface area contributed by atoms with Crippen LogP contribution in [-0.2, 0) is 4.74 Å². The van der Waals surface area contributed by atoms with E-state index in [1.165, 1.54) is 0 Å². The van der Waals surface area contributed by atoms with Crippen molar-refractivity contribution in [3.63, 3.8) is 0 Å². The zero-order valence-corrected chi connectivity index (χ0v) is 12.9. The molecule has 2 heterocycles. The van der Waals surface area contributed by atoms with Crippen LogP contribution in [0.3, 0.4) is 0 Å². The van der Waals surface area contributed by atoms with Crippen LogP contribution in [0.5, 0.6) is 0 Å². The van der Waals surface area contributed by atoms with Crippen LogP contribution in [0.1, 0.15) is 18.9 Å². The van der Waals surface area contributed by atoms with E-state index in [2.05, 4.69) is 9.98 Å². The third-order valence-corrected chi connectivity index (χ3v) is 3.65. The predicted molar refractivity (Wildman–Crippen MR) is 91.2 cm³/mol. The van der Waals surface area contributed by atoms with E-state index >= 15 is 0 Å². The van der Waals surface area contributed by atoms with Crippen molar-refractivity contribution in [3.8, 4) is 11.1 Å². The molecule has 0 aliphatic carbocycles. The fourth-order valence-electron chi connectivity index (χ4n) is 2.56. The molecule has 0 saturated carbocycles. The van der Waals surface area contributed by atoms with Crippen LogP contribution < -0.4 is 5.73 Å². The van der Waals surface area contributed by atoms with Gasteiger partial charge in [0.25, 0.3) is 0 Å². The first-order valence-electron chi connectivity index (χ1n) is 7.55. The van der Waals surface area contributed by atoms with E-state index in [0.717, 1.165) is 22.4 Å². The third-order valence-electron chi connectivity index (χ3n) is 3.65.